The first kappa shape index (κ1) is 13.1. The Balaban J connectivity index is 1.73. The molecular formula is C11H14ClN3O3. The molecule has 0 aromatic carbocycles. The van der Waals surface area contributed by atoms with Crippen LogP contribution in [-0.4, -0.2) is 43.5 Å². The SMILES string of the molecule is O=C(NC[C@@H]1COCCO1)Nc1ccc(Cl)nc1. The first-order chi connectivity index (χ1) is 8.74. The molecule has 2 N–H and O–H groups in total. The second kappa shape index (κ2) is 6.53. The number of aromatic nitrogens is 1. The van der Waals surface area contributed by atoms with Crippen molar-refractivity contribution in [2.75, 3.05) is 31.7 Å². The maximum Gasteiger partial charge on any atom is 0.319 e. The van der Waals surface area contributed by atoms with Crippen LogP contribution in [0.2, 0.25) is 5.15 Å². The highest BCUT2D eigenvalue weighted by atomic mass is 35.5. The van der Waals surface area contributed by atoms with Crippen molar-refractivity contribution < 1.29 is 14.3 Å². The predicted molar refractivity (Wildman–Crippen MR) is 66.8 cm³/mol. The van der Waals surface area contributed by atoms with Gasteiger partial charge in [0, 0.05) is 6.54 Å². The molecule has 0 aliphatic carbocycles. The van der Waals surface area contributed by atoms with E-state index >= 15 is 0 Å². The number of anilines is 1. The molecule has 0 radical (unpaired) electrons. The minimum atomic E-state index is -0.312. The number of amides is 2. The summed E-state index contributed by atoms with van der Waals surface area (Å²) in [4.78, 5) is 15.4. The molecule has 2 amide bonds. The second-order valence-corrected chi connectivity index (χ2v) is 4.16. The summed E-state index contributed by atoms with van der Waals surface area (Å²) >= 11 is 5.64. The molecule has 6 nitrogen and oxygen atoms in total. The summed E-state index contributed by atoms with van der Waals surface area (Å²) in [5, 5.41) is 5.72. The molecule has 1 aromatic rings. The Morgan fingerprint density at radius 1 is 1.50 bits per heavy atom. The molecular weight excluding hydrogens is 258 g/mol. The Hall–Kier alpha value is -1.37. The third kappa shape index (κ3) is 4.14. The number of nitrogens with one attached hydrogen (secondary N) is 2. The average Bonchev–Trinajstić information content (AvgIpc) is 2.40. The fourth-order valence-electron chi connectivity index (χ4n) is 1.49. The van der Waals surface area contributed by atoms with Crippen LogP contribution in [0.25, 0.3) is 0 Å². The van der Waals surface area contributed by atoms with Gasteiger partial charge in [0.25, 0.3) is 0 Å². The topological polar surface area (TPSA) is 72.5 Å². The van der Waals surface area contributed by atoms with Crippen molar-refractivity contribution >= 4 is 23.3 Å². The van der Waals surface area contributed by atoms with E-state index in [0.29, 0.717) is 37.2 Å². The van der Waals surface area contributed by atoms with Gasteiger partial charge in [-0.3, -0.25) is 0 Å². The molecule has 0 unspecified atom stereocenters. The lowest BCUT2D eigenvalue weighted by atomic mass is 10.3. The van der Waals surface area contributed by atoms with Gasteiger partial charge >= 0.3 is 6.03 Å². The molecule has 18 heavy (non-hydrogen) atoms. The number of hydrogen-bond acceptors (Lipinski definition) is 4. The summed E-state index contributed by atoms with van der Waals surface area (Å²) in [6, 6.07) is 2.97. The molecule has 0 bridgehead atoms. The monoisotopic (exact) mass is 271 g/mol. The first-order valence-electron chi connectivity index (χ1n) is 5.60. The Morgan fingerprint density at radius 2 is 2.39 bits per heavy atom. The number of urea groups is 1. The quantitative estimate of drug-likeness (QED) is 0.812. The van der Waals surface area contributed by atoms with E-state index < -0.39 is 0 Å². The molecule has 1 fully saturated rings. The highest BCUT2D eigenvalue weighted by Crippen LogP contribution is 2.09. The van der Waals surface area contributed by atoms with Crippen LogP contribution in [0.15, 0.2) is 18.3 Å². The minimum absolute atomic E-state index is 0.0900. The van der Waals surface area contributed by atoms with Crippen molar-refractivity contribution in [2.24, 2.45) is 0 Å². The van der Waals surface area contributed by atoms with Gasteiger partial charge in [0.05, 0.1) is 37.8 Å². The average molecular weight is 272 g/mol. The lowest BCUT2D eigenvalue weighted by molar-refractivity contribution is -0.0852. The van der Waals surface area contributed by atoms with E-state index in [0.717, 1.165) is 0 Å². The van der Waals surface area contributed by atoms with Crippen LogP contribution in [0.3, 0.4) is 0 Å². The zero-order chi connectivity index (χ0) is 12.8. The zero-order valence-corrected chi connectivity index (χ0v) is 10.4. The normalized spacial score (nSPS) is 19.3. The largest absolute Gasteiger partial charge is 0.376 e. The van der Waals surface area contributed by atoms with Crippen LogP contribution < -0.4 is 10.6 Å². The van der Waals surface area contributed by atoms with Gasteiger partial charge in [-0.2, -0.15) is 0 Å². The number of halogens is 1. The number of pyridine rings is 1. The molecule has 1 aromatic heterocycles. The maximum atomic E-state index is 11.6. The van der Waals surface area contributed by atoms with E-state index in [1.807, 2.05) is 0 Å². The van der Waals surface area contributed by atoms with Gasteiger partial charge in [0.1, 0.15) is 5.15 Å². The molecule has 1 saturated heterocycles. The van der Waals surface area contributed by atoms with Gasteiger partial charge in [-0.05, 0) is 12.1 Å². The van der Waals surface area contributed by atoms with E-state index in [1.54, 1.807) is 12.1 Å². The van der Waals surface area contributed by atoms with Crippen LogP contribution >= 0.6 is 11.6 Å². The third-order valence-electron chi connectivity index (χ3n) is 2.36. The van der Waals surface area contributed by atoms with Crippen molar-refractivity contribution in [3.63, 3.8) is 0 Å². The summed E-state index contributed by atoms with van der Waals surface area (Å²) in [6.07, 6.45) is 1.40. The van der Waals surface area contributed by atoms with Crippen molar-refractivity contribution in [3.8, 4) is 0 Å². The number of ether oxygens (including phenoxy) is 2. The zero-order valence-electron chi connectivity index (χ0n) is 9.69. The Labute approximate surface area is 110 Å². The molecule has 1 aliphatic rings. The van der Waals surface area contributed by atoms with Crippen molar-refractivity contribution in [3.05, 3.63) is 23.5 Å². The first-order valence-corrected chi connectivity index (χ1v) is 5.97. The second-order valence-electron chi connectivity index (χ2n) is 3.77. The Kier molecular flexibility index (Phi) is 4.74. The Morgan fingerprint density at radius 3 is 3.06 bits per heavy atom. The molecule has 98 valence electrons. The third-order valence-corrected chi connectivity index (χ3v) is 2.58. The minimum Gasteiger partial charge on any atom is -0.376 e. The van der Waals surface area contributed by atoms with Gasteiger partial charge in [0.2, 0.25) is 0 Å². The smallest absolute Gasteiger partial charge is 0.319 e. The molecule has 2 heterocycles. The number of carbonyl (C=O) groups is 1. The fourth-order valence-corrected chi connectivity index (χ4v) is 1.60. The standard InChI is InChI=1S/C11H14ClN3O3/c12-10-2-1-8(5-13-10)15-11(16)14-6-9-7-17-3-4-18-9/h1-2,5,9H,3-4,6-7H2,(H2,14,15,16)/t9-/m1/s1. The van der Waals surface area contributed by atoms with Gasteiger partial charge in [-0.1, -0.05) is 11.6 Å². The molecule has 0 spiro atoms. The van der Waals surface area contributed by atoms with Crippen molar-refractivity contribution in [1.82, 2.24) is 10.3 Å². The van der Waals surface area contributed by atoms with Crippen LogP contribution in [0, 0.1) is 0 Å². The van der Waals surface area contributed by atoms with Gasteiger partial charge < -0.3 is 20.1 Å². The highest BCUT2D eigenvalue weighted by Gasteiger charge is 2.15. The highest BCUT2D eigenvalue weighted by molar-refractivity contribution is 6.29. The summed E-state index contributed by atoms with van der Waals surface area (Å²) in [5.41, 5.74) is 0.581. The molecule has 2 rings (SSSR count). The number of rotatable bonds is 3. The van der Waals surface area contributed by atoms with E-state index in [-0.39, 0.29) is 12.1 Å². The molecule has 1 atom stereocenters. The fraction of sp³-hybridized carbons (Fsp3) is 0.455. The number of carbonyl (C=O) groups excluding carboxylic acids is 1. The van der Waals surface area contributed by atoms with Crippen LogP contribution in [0.1, 0.15) is 0 Å². The number of hydrogen-bond donors (Lipinski definition) is 2. The van der Waals surface area contributed by atoms with E-state index in [4.69, 9.17) is 21.1 Å². The Bertz CT molecular complexity index is 393. The summed E-state index contributed by atoms with van der Waals surface area (Å²) in [6.45, 7) is 2.09. The van der Waals surface area contributed by atoms with Crippen LogP contribution in [-0.2, 0) is 9.47 Å². The maximum absolute atomic E-state index is 11.6. The molecule has 1 aliphatic heterocycles. The van der Waals surface area contributed by atoms with Crippen molar-refractivity contribution in [2.45, 2.75) is 6.10 Å². The van der Waals surface area contributed by atoms with E-state index in [9.17, 15) is 4.79 Å². The summed E-state index contributed by atoms with van der Waals surface area (Å²) in [7, 11) is 0. The lowest BCUT2D eigenvalue weighted by Gasteiger charge is -2.23. The summed E-state index contributed by atoms with van der Waals surface area (Å²) < 4.78 is 10.6. The summed E-state index contributed by atoms with van der Waals surface area (Å²) in [5.74, 6) is 0. The lowest BCUT2D eigenvalue weighted by Crippen LogP contribution is -2.41. The van der Waals surface area contributed by atoms with E-state index in [1.165, 1.54) is 6.20 Å². The molecule has 7 heteroatoms. The van der Waals surface area contributed by atoms with Gasteiger partial charge in [0.15, 0.2) is 0 Å². The van der Waals surface area contributed by atoms with Crippen LogP contribution in [0.5, 0.6) is 0 Å². The molecule has 0 saturated carbocycles. The van der Waals surface area contributed by atoms with Gasteiger partial charge in [-0.25, -0.2) is 9.78 Å². The van der Waals surface area contributed by atoms with Gasteiger partial charge in [-0.15, -0.1) is 0 Å². The van der Waals surface area contributed by atoms with Crippen LogP contribution in [0.4, 0.5) is 10.5 Å². The van der Waals surface area contributed by atoms with E-state index in [2.05, 4.69) is 15.6 Å². The predicted octanol–water partition coefficient (Wildman–Crippen LogP) is 1.27. The van der Waals surface area contributed by atoms with Crippen molar-refractivity contribution in [1.29, 1.82) is 0 Å². The number of nitrogens with zero attached hydrogens (tertiary/aromatic N) is 1.